The highest BCUT2D eigenvalue weighted by Crippen LogP contribution is 2.20. The standard InChI is InChI=1S/C13H13NO/c1-8-3-4-10-7-12(13(14)15)9(2)6-11(10)5-8/h3-7H,1-2H3,(H2,14,15). The van der Waals surface area contributed by atoms with Crippen molar-refractivity contribution in [2.45, 2.75) is 13.8 Å². The molecule has 0 radical (unpaired) electrons. The fourth-order valence-electron chi connectivity index (χ4n) is 1.80. The van der Waals surface area contributed by atoms with Crippen molar-refractivity contribution in [2.24, 2.45) is 5.73 Å². The second-order valence-electron chi connectivity index (χ2n) is 3.88. The van der Waals surface area contributed by atoms with E-state index in [1.54, 1.807) is 0 Å². The van der Waals surface area contributed by atoms with Gasteiger partial charge in [-0.15, -0.1) is 0 Å². The van der Waals surface area contributed by atoms with E-state index in [4.69, 9.17) is 5.73 Å². The van der Waals surface area contributed by atoms with E-state index in [-0.39, 0.29) is 5.91 Å². The van der Waals surface area contributed by atoms with Crippen LogP contribution in [0.15, 0.2) is 30.3 Å². The molecule has 0 fully saturated rings. The second kappa shape index (κ2) is 3.39. The predicted molar refractivity (Wildman–Crippen MR) is 61.9 cm³/mol. The van der Waals surface area contributed by atoms with Gasteiger partial charge >= 0.3 is 0 Å². The molecule has 0 aliphatic heterocycles. The fraction of sp³-hybridized carbons (Fsp3) is 0.154. The Kier molecular flexibility index (Phi) is 2.19. The van der Waals surface area contributed by atoms with Crippen LogP contribution in [0.25, 0.3) is 10.8 Å². The van der Waals surface area contributed by atoms with Gasteiger partial charge in [-0.25, -0.2) is 0 Å². The lowest BCUT2D eigenvalue weighted by Gasteiger charge is -2.05. The van der Waals surface area contributed by atoms with Crippen molar-refractivity contribution in [3.05, 3.63) is 47.0 Å². The molecule has 0 unspecified atom stereocenters. The van der Waals surface area contributed by atoms with Crippen LogP contribution in [0.4, 0.5) is 0 Å². The van der Waals surface area contributed by atoms with Crippen LogP contribution in [0.2, 0.25) is 0 Å². The Morgan fingerprint density at radius 1 is 1.07 bits per heavy atom. The third kappa shape index (κ3) is 1.71. The van der Waals surface area contributed by atoms with E-state index in [2.05, 4.69) is 13.0 Å². The van der Waals surface area contributed by atoms with E-state index in [1.807, 2.05) is 31.2 Å². The topological polar surface area (TPSA) is 43.1 Å². The zero-order valence-corrected chi connectivity index (χ0v) is 8.87. The number of carbonyl (C=O) groups is 1. The summed E-state index contributed by atoms with van der Waals surface area (Å²) in [6, 6.07) is 10.0. The summed E-state index contributed by atoms with van der Waals surface area (Å²) in [5.74, 6) is -0.366. The number of fused-ring (bicyclic) bond motifs is 1. The highest BCUT2D eigenvalue weighted by atomic mass is 16.1. The molecule has 15 heavy (non-hydrogen) atoms. The quantitative estimate of drug-likeness (QED) is 0.753. The van der Waals surface area contributed by atoms with E-state index in [0.717, 1.165) is 16.3 Å². The smallest absolute Gasteiger partial charge is 0.248 e. The molecule has 0 atom stereocenters. The summed E-state index contributed by atoms with van der Waals surface area (Å²) < 4.78 is 0. The van der Waals surface area contributed by atoms with E-state index in [0.29, 0.717) is 5.56 Å². The Morgan fingerprint density at radius 2 is 1.80 bits per heavy atom. The minimum atomic E-state index is -0.366. The molecule has 0 saturated heterocycles. The Labute approximate surface area is 88.7 Å². The predicted octanol–water partition coefficient (Wildman–Crippen LogP) is 2.56. The second-order valence-corrected chi connectivity index (χ2v) is 3.88. The molecule has 0 spiro atoms. The zero-order chi connectivity index (χ0) is 11.0. The lowest BCUT2D eigenvalue weighted by Crippen LogP contribution is -2.12. The summed E-state index contributed by atoms with van der Waals surface area (Å²) >= 11 is 0. The van der Waals surface area contributed by atoms with Crippen molar-refractivity contribution in [3.8, 4) is 0 Å². The van der Waals surface area contributed by atoms with Crippen molar-refractivity contribution in [2.75, 3.05) is 0 Å². The lowest BCUT2D eigenvalue weighted by molar-refractivity contribution is 0.1000. The van der Waals surface area contributed by atoms with Crippen molar-refractivity contribution in [1.82, 2.24) is 0 Å². The summed E-state index contributed by atoms with van der Waals surface area (Å²) in [5, 5.41) is 2.21. The first-order chi connectivity index (χ1) is 7.08. The number of carbonyl (C=O) groups excluding carboxylic acids is 1. The van der Waals surface area contributed by atoms with Gasteiger partial charge in [-0.05, 0) is 36.2 Å². The van der Waals surface area contributed by atoms with Gasteiger partial charge in [0.2, 0.25) is 5.91 Å². The fourth-order valence-corrected chi connectivity index (χ4v) is 1.80. The van der Waals surface area contributed by atoms with Crippen LogP contribution < -0.4 is 5.73 Å². The monoisotopic (exact) mass is 199 g/mol. The Bertz CT molecular complexity index is 543. The van der Waals surface area contributed by atoms with Gasteiger partial charge in [0.1, 0.15) is 0 Å². The average Bonchev–Trinajstić information content (AvgIpc) is 2.15. The third-order valence-electron chi connectivity index (χ3n) is 2.60. The van der Waals surface area contributed by atoms with Crippen molar-refractivity contribution >= 4 is 16.7 Å². The van der Waals surface area contributed by atoms with Crippen LogP contribution in [-0.2, 0) is 0 Å². The first-order valence-corrected chi connectivity index (χ1v) is 4.89. The van der Waals surface area contributed by atoms with Gasteiger partial charge in [0.05, 0.1) is 0 Å². The molecule has 1 amide bonds. The summed E-state index contributed by atoms with van der Waals surface area (Å²) in [4.78, 5) is 11.2. The minimum Gasteiger partial charge on any atom is -0.366 e. The van der Waals surface area contributed by atoms with Gasteiger partial charge in [0.25, 0.3) is 0 Å². The molecule has 0 aliphatic rings. The molecule has 2 rings (SSSR count). The van der Waals surface area contributed by atoms with E-state index in [1.165, 1.54) is 5.56 Å². The van der Waals surface area contributed by atoms with Gasteiger partial charge in [-0.2, -0.15) is 0 Å². The number of primary amides is 1. The first kappa shape index (κ1) is 9.71. The lowest BCUT2D eigenvalue weighted by atomic mass is 10.0. The number of hydrogen-bond acceptors (Lipinski definition) is 1. The van der Waals surface area contributed by atoms with Gasteiger partial charge in [0, 0.05) is 5.56 Å². The van der Waals surface area contributed by atoms with E-state index >= 15 is 0 Å². The molecule has 2 aromatic rings. The van der Waals surface area contributed by atoms with Crippen LogP contribution in [0.5, 0.6) is 0 Å². The number of benzene rings is 2. The van der Waals surface area contributed by atoms with E-state index in [9.17, 15) is 4.79 Å². The first-order valence-electron chi connectivity index (χ1n) is 4.89. The maximum atomic E-state index is 11.2. The van der Waals surface area contributed by atoms with Crippen LogP contribution >= 0.6 is 0 Å². The van der Waals surface area contributed by atoms with Gasteiger partial charge in [-0.1, -0.05) is 29.8 Å². The largest absolute Gasteiger partial charge is 0.366 e. The van der Waals surface area contributed by atoms with Gasteiger partial charge < -0.3 is 5.73 Å². The number of nitrogens with two attached hydrogens (primary N) is 1. The molecule has 2 nitrogen and oxygen atoms in total. The summed E-state index contributed by atoms with van der Waals surface area (Å²) in [6.07, 6.45) is 0. The molecular formula is C13H13NO. The average molecular weight is 199 g/mol. The molecule has 0 saturated carbocycles. The molecule has 0 aromatic heterocycles. The molecule has 0 heterocycles. The Hall–Kier alpha value is -1.83. The summed E-state index contributed by atoms with van der Waals surface area (Å²) in [7, 11) is 0. The van der Waals surface area contributed by atoms with E-state index < -0.39 is 0 Å². The van der Waals surface area contributed by atoms with Crippen LogP contribution in [0.3, 0.4) is 0 Å². The molecular weight excluding hydrogens is 186 g/mol. The maximum Gasteiger partial charge on any atom is 0.248 e. The van der Waals surface area contributed by atoms with Crippen molar-refractivity contribution in [3.63, 3.8) is 0 Å². The van der Waals surface area contributed by atoms with Crippen molar-refractivity contribution in [1.29, 1.82) is 0 Å². The van der Waals surface area contributed by atoms with Crippen LogP contribution in [0.1, 0.15) is 21.5 Å². The normalized spacial score (nSPS) is 10.5. The van der Waals surface area contributed by atoms with Crippen LogP contribution in [-0.4, -0.2) is 5.91 Å². The SMILES string of the molecule is Cc1ccc2cc(C(N)=O)c(C)cc2c1. The number of amides is 1. The molecule has 2 aromatic carbocycles. The molecule has 0 bridgehead atoms. The number of hydrogen-bond donors (Lipinski definition) is 1. The maximum absolute atomic E-state index is 11.2. The highest BCUT2D eigenvalue weighted by molar-refractivity contribution is 5.99. The molecule has 2 N–H and O–H groups in total. The molecule has 0 aliphatic carbocycles. The number of rotatable bonds is 1. The summed E-state index contributed by atoms with van der Waals surface area (Å²) in [5.41, 5.74) is 8.05. The highest BCUT2D eigenvalue weighted by Gasteiger charge is 2.06. The minimum absolute atomic E-state index is 0.366. The van der Waals surface area contributed by atoms with Crippen molar-refractivity contribution < 1.29 is 4.79 Å². The Balaban J connectivity index is 2.76. The molecule has 76 valence electrons. The zero-order valence-electron chi connectivity index (χ0n) is 8.87. The third-order valence-corrected chi connectivity index (χ3v) is 2.60. The van der Waals surface area contributed by atoms with Gasteiger partial charge in [0.15, 0.2) is 0 Å². The van der Waals surface area contributed by atoms with Gasteiger partial charge in [-0.3, -0.25) is 4.79 Å². The molecule has 2 heteroatoms. The Morgan fingerprint density at radius 3 is 2.47 bits per heavy atom. The number of aryl methyl sites for hydroxylation is 2. The summed E-state index contributed by atoms with van der Waals surface area (Å²) in [6.45, 7) is 3.96. The van der Waals surface area contributed by atoms with Crippen LogP contribution in [0, 0.1) is 13.8 Å².